The van der Waals surface area contributed by atoms with Crippen molar-refractivity contribution >= 4 is 39.1 Å². The molecule has 0 unspecified atom stereocenters. The summed E-state index contributed by atoms with van der Waals surface area (Å²) < 4.78 is 6.18. The molecule has 0 bridgehead atoms. The first-order chi connectivity index (χ1) is 10.1. The van der Waals surface area contributed by atoms with Gasteiger partial charge in [-0.2, -0.15) is 0 Å². The molecular weight excluding hydrogens is 373 g/mol. The molecule has 0 heterocycles. The van der Waals surface area contributed by atoms with Gasteiger partial charge in [0, 0.05) is 16.6 Å². The van der Waals surface area contributed by atoms with E-state index < -0.39 is 0 Å². The molecule has 0 fully saturated rings. The number of rotatable bonds is 6. The molecule has 0 aliphatic rings. The van der Waals surface area contributed by atoms with Gasteiger partial charge in [-0.1, -0.05) is 35.3 Å². The Hall–Kier alpha value is -0.740. The molecule has 0 radical (unpaired) electrons. The first-order valence-corrected chi connectivity index (χ1v) is 8.12. The summed E-state index contributed by atoms with van der Waals surface area (Å²) in [5.41, 5.74) is 2.30. The number of halogens is 3. The topological polar surface area (TPSA) is 21.3 Å². The van der Waals surface area contributed by atoms with Gasteiger partial charge in [-0.25, -0.2) is 0 Å². The van der Waals surface area contributed by atoms with Crippen molar-refractivity contribution in [3.8, 4) is 5.75 Å². The molecule has 2 aromatic rings. The maximum atomic E-state index is 6.15. The highest BCUT2D eigenvalue weighted by molar-refractivity contribution is 9.10. The third-order valence-corrected chi connectivity index (χ3v) is 4.34. The molecule has 2 nitrogen and oxygen atoms in total. The quantitative estimate of drug-likeness (QED) is 0.695. The maximum Gasteiger partial charge on any atom is 0.133 e. The number of ether oxygens (including phenoxy) is 1. The van der Waals surface area contributed by atoms with Gasteiger partial charge >= 0.3 is 0 Å². The van der Waals surface area contributed by atoms with Crippen molar-refractivity contribution in [1.29, 1.82) is 0 Å². The maximum absolute atomic E-state index is 6.15. The van der Waals surface area contributed by atoms with E-state index in [0.717, 1.165) is 40.3 Å². The van der Waals surface area contributed by atoms with Gasteiger partial charge in [-0.05, 0) is 64.3 Å². The summed E-state index contributed by atoms with van der Waals surface area (Å²) in [4.78, 5) is 0. The van der Waals surface area contributed by atoms with E-state index >= 15 is 0 Å². The van der Waals surface area contributed by atoms with E-state index in [2.05, 4.69) is 27.3 Å². The van der Waals surface area contributed by atoms with Crippen molar-refractivity contribution in [3.63, 3.8) is 0 Å². The Balaban J connectivity index is 1.83. The lowest BCUT2D eigenvalue weighted by atomic mass is 10.1. The number of hydrogen-bond donors (Lipinski definition) is 1. The average molecular weight is 389 g/mol. The number of benzene rings is 2. The second kappa shape index (κ2) is 8.04. The van der Waals surface area contributed by atoms with Crippen molar-refractivity contribution in [2.45, 2.75) is 13.0 Å². The van der Waals surface area contributed by atoms with Crippen LogP contribution in [0.5, 0.6) is 5.75 Å². The molecule has 0 aromatic heterocycles. The van der Waals surface area contributed by atoms with Crippen LogP contribution in [-0.2, 0) is 13.0 Å². The van der Waals surface area contributed by atoms with Crippen LogP contribution >= 0.6 is 39.1 Å². The van der Waals surface area contributed by atoms with E-state index in [-0.39, 0.29) is 0 Å². The molecule has 0 aliphatic heterocycles. The molecule has 0 amide bonds. The fraction of sp³-hybridized carbons (Fsp3) is 0.250. The summed E-state index contributed by atoms with van der Waals surface area (Å²) in [5.74, 6) is 0.840. The van der Waals surface area contributed by atoms with Crippen LogP contribution in [0, 0.1) is 0 Å². The molecule has 5 heteroatoms. The van der Waals surface area contributed by atoms with Crippen LogP contribution in [0.15, 0.2) is 40.9 Å². The zero-order valence-electron chi connectivity index (χ0n) is 11.6. The Labute approximate surface area is 143 Å². The normalized spacial score (nSPS) is 10.7. The Morgan fingerprint density at radius 1 is 1.14 bits per heavy atom. The Morgan fingerprint density at radius 2 is 1.95 bits per heavy atom. The molecule has 112 valence electrons. The number of methoxy groups -OCH3 is 1. The molecule has 1 N–H and O–H groups in total. The van der Waals surface area contributed by atoms with E-state index in [4.69, 9.17) is 27.9 Å². The minimum absolute atomic E-state index is 0.666. The van der Waals surface area contributed by atoms with Gasteiger partial charge in [0.2, 0.25) is 0 Å². The molecule has 2 rings (SSSR count). The summed E-state index contributed by atoms with van der Waals surface area (Å²) in [7, 11) is 1.66. The third kappa shape index (κ3) is 4.89. The van der Waals surface area contributed by atoms with Gasteiger partial charge < -0.3 is 10.1 Å². The SMILES string of the molecule is COc1ccc(CNCCc2ccc(Cl)cc2Cl)cc1Br. The first-order valence-electron chi connectivity index (χ1n) is 6.57. The summed E-state index contributed by atoms with van der Waals surface area (Å²) in [6.07, 6.45) is 0.868. The van der Waals surface area contributed by atoms with Crippen LogP contribution in [-0.4, -0.2) is 13.7 Å². The largest absolute Gasteiger partial charge is 0.496 e. The standard InChI is InChI=1S/C16H16BrCl2NO/c1-21-16-5-2-11(8-14(16)17)10-20-7-6-12-3-4-13(18)9-15(12)19/h2-5,8-9,20H,6-7,10H2,1H3. The van der Waals surface area contributed by atoms with Gasteiger partial charge in [0.1, 0.15) is 5.75 Å². The Kier molecular flexibility index (Phi) is 6.37. The van der Waals surface area contributed by atoms with Crippen molar-refractivity contribution in [1.82, 2.24) is 5.32 Å². The van der Waals surface area contributed by atoms with Gasteiger partial charge in [0.05, 0.1) is 11.6 Å². The van der Waals surface area contributed by atoms with Crippen LogP contribution in [0.1, 0.15) is 11.1 Å². The van der Waals surface area contributed by atoms with E-state index in [1.165, 1.54) is 5.56 Å². The predicted octanol–water partition coefficient (Wildman–Crippen LogP) is 5.10. The summed E-state index contributed by atoms with van der Waals surface area (Å²) in [6, 6.07) is 11.7. The molecule has 0 aliphatic carbocycles. The van der Waals surface area contributed by atoms with E-state index in [1.807, 2.05) is 24.3 Å². The smallest absolute Gasteiger partial charge is 0.133 e. The minimum Gasteiger partial charge on any atom is -0.496 e. The van der Waals surface area contributed by atoms with Crippen LogP contribution in [0.2, 0.25) is 10.0 Å². The molecule has 21 heavy (non-hydrogen) atoms. The van der Waals surface area contributed by atoms with E-state index in [1.54, 1.807) is 13.2 Å². The van der Waals surface area contributed by atoms with E-state index in [0.29, 0.717) is 5.02 Å². The van der Waals surface area contributed by atoms with Gasteiger partial charge in [0.15, 0.2) is 0 Å². The lowest BCUT2D eigenvalue weighted by molar-refractivity contribution is 0.412. The second-order valence-corrected chi connectivity index (χ2v) is 6.33. The Morgan fingerprint density at radius 3 is 2.62 bits per heavy atom. The van der Waals surface area contributed by atoms with Crippen LogP contribution in [0.4, 0.5) is 0 Å². The molecule has 0 saturated heterocycles. The third-order valence-electron chi connectivity index (χ3n) is 3.13. The second-order valence-electron chi connectivity index (χ2n) is 4.63. The Bertz CT molecular complexity index is 619. The van der Waals surface area contributed by atoms with Gasteiger partial charge in [-0.15, -0.1) is 0 Å². The molecule has 0 spiro atoms. The molecule has 0 saturated carbocycles. The van der Waals surface area contributed by atoms with Crippen molar-refractivity contribution < 1.29 is 4.74 Å². The summed E-state index contributed by atoms with van der Waals surface area (Å²) in [5, 5.41) is 4.79. The van der Waals surface area contributed by atoms with Gasteiger partial charge in [0.25, 0.3) is 0 Å². The van der Waals surface area contributed by atoms with Crippen LogP contribution in [0.25, 0.3) is 0 Å². The van der Waals surface area contributed by atoms with E-state index in [9.17, 15) is 0 Å². The van der Waals surface area contributed by atoms with Crippen molar-refractivity contribution in [3.05, 3.63) is 62.0 Å². The molecular formula is C16H16BrCl2NO. The molecule has 2 aromatic carbocycles. The predicted molar refractivity (Wildman–Crippen MR) is 92.6 cm³/mol. The monoisotopic (exact) mass is 387 g/mol. The first kappa shape index (κ1) is 16.6. The lowest BCUT2D eigenvalue weighted by Gasteiger charge is -2.09. The fourth-order valence-electron chi connectivity index (χ4n) is 2.00. The summed E-state index contributed by atoms with van der Waals surface area (Å²) in [6.45, 7) is 1.65. The van der Waals surface area contributed by atoms with Crippen LogP contribution in [0.3, 0.4) is 0 Å². The average Bonchev–Trinajstić information content (AvgIpc) is 2.45. The summed E-state index contributed by atoms with van der Waals surface area (Å²) >= 11 is 15.5. The zero-order valence-corrected chi connectivity index (χ0v) is 14.7. The number of nitrogens with one attached hydrogen (secondary N) is 1. The highest BCUT2D eigenvalue weighted by Crippen LogP contribution is 2.25. The van der Waals surface area contributed by atoms with Crippen LogP contribution < -0.4 is 10.1 Å². The van der Waals surface area contributed by atoms with Gasteiger partial charge in [-0.3, -0.25) is 0 Å². The van der Waals surface area contributed by atoms with Crippen molar-refractivity contribution in [2.24, 2.45) is 0 Å². The highest BCUT2D eigenvalue weighted by atomic mass is 79.9. The fourth-order valence-corrected chi connectivity index (χ4v) is 3.09. The zero-order chi connectivity index (χ0) is 15.2. The highest BCUT2D eigenvalue weighted by Gasteiger charge is 2.03. The minimum atomic E-state index is 0.666. The van der Waals surface area contributed by atoms with Crippen molar-refractivity contribution in [2.75, 3.05) is 13.7 Å². The lowest BCUT2D eigenvalue weighted by Crippen LogP contribution is -2.16. The number of hydrogen-bond acceptors (Lipinski definition) is 2. The molecule has 0 atom stereocenters.